The van der Waals surface area contributed by atoms with Crippen LogP contribution in [0.4, 0.5) is 13.2 Å². The van der Waals surface area contributed by atoms with Crippen LogP contribution in [0.15, 0.2) is 114 Å². The van der Waals surface area contributed by atoms with Gasteiger partial charge in [-0.3, -0.25) is 14.2 Å². The molecule has 0 radical (unpaired) electrons. The molecule has 0 aliphatic carbocycles. The van der Waals surface area contributed by atoms with Gasteiger partial charge in [0.2, 0.25) is 5.91 Å². The summed E-state index contributed by atoms with van der Waals surface area (Å²) in [5.74, 6) is -0.547. The number of aromatic amines is 1. The Morgan fingerprint density at radius 1 is 0.878 bits per heavy atom. The van der Waals surface area contributed by atoms with Gasteiger partial charge in [0.15, 0.2) is 5.69 Å². The third kappa shape index (κ3) is 5.09. The molecule has 0 spiro atoms. The number of benzene rings is 4. The largest absolute Gasteiger partial charge is 0.416 e. The summed E-state index contributed by atoms with van der Waals surface area (Å²) >= 11 is 0. The third-order valence-corrected chi connectivity index (χ3v) is 6.95. The van der Waals surface area contributed by atoms with Crippen LogP contribution < -0.4 is 10.9 Å². The fourth-order valence-electron chi connectivity index (χ4n) is 4.94. The normalized spacial score (nSPS) is 12.5. The first kappa shape index (κ1) is 26.1. The van der Waals surface area contributed by atoms with Crippen molar-refractivity contribution in [3.8, 4) is 11.4 Å². The SMILES string of the molecule is O=C(NCc1ccccc1)C(c1ccc(C(F)(F)F)cc1)n1c(=O)c(-c2cc3ccccc3[nH]2)nc2ccccc21. The smallest absolute Gasteiger partial charge is 0.353 e. The van der Waals surface area contributed by atoms with E-state index < -0.39 is 29.2 Å². The highest BCUT2D eigenvalue weighted by atomic mass is 19.4. The van der Waals surface area contributed by atoms with E-state index >= 15 is 0 Å². The molecule has 204 valence electrons. The second-order valence-corrected chi connectivity index (χ2v) is 9.62. The fourth-order valence-corrected chi connectivity index (χ4v) is 4.94. The topological polar surface area (TPSA) is 79.8 Å². The molecule has 2 heterocycles. The summed E-state index contributed by atoms with van der Waals surface area (Å²) in [7, 11) is 0. The van der Waals surface area contributed by atoms with Gasteiger partial charge in [0, 0.05) is 17.4 Å². The van der Waals surface area contributed by atoms with E-state index in [2.05, 4.69) is 15.3 Å². The van der Waals surface area contributed by atoms with Crippen LogP contribution in [0.5, 0.6) is 0 Å². The van der Waals surface area contributed by atoms with Crippen molar-refractivity contribution in [2.24, 2.45) is 0 Å². The number of hydrogen-bond donors (Lipinski definition) is 2. The highest BCUT2D eigenvalue weighted by molar-refractivity contribution is 5.89. The van der Waals surface area contributed by atoms with Crippen LogP contribution in [-0.2, 0) is 17.5 Å². The summed E-state index contributed by atoms with van der Waals surface area (Å²) in [4.78, 5) is 35.9. The number of hydrogen-bond acceptors (Lipinski definition) is 3. The summed E-state index contributed by atoms with van der Waals surface area (Å²) in [6, 6.07) is 28.4. The van der Waals surface area contributed by atoms with Gasteiger partial charge in [-0.15, -0.1) is 0 Å². The second kappa shape index (κ2) is 10.4. The second-order valence-electron chi connectivity index (χ2n) is 9.62. The lowest BCUT2D eigenvalue weighted by Gasteiger charge is -2.23. The van der Waals surface area contributed by atoms with Crippen LogP contribution in [0.2, 0.25) is 0 Å². The zero-order valence-corrected chi connectivity index (χ0v) is 21.5. The van der Waals surface area contributed by atoms with Gasteiger partial charge >= 0.3 is 6.18 Å². The lowest BCUT2D eigenvalue weighted by Crippen LogP contribution is -2.38. The monoisotopic (exact) mass is 552 g/mol. The number of nitrogens with one attached hydrogen (secondary N) is 2. The molecule has 2 N–H and O–H groups in total. The first-order chi connectivity index (χ1) is 19.8. The average Bonchev–Trinajstić information content (AvgIpc) is 3.42. The molecule has 0 aliphatic heterocycles. The molecule has 4 aromatic carbocycles. The molecule has 6 aromatic rings. The van der Waals surface area contributed by atoms with E-state index in [1.54, 1.807) is 30.3 Å². The summed E-state index contributed by atoms with van der Waals surface area (Å²) in [5, 5.41) is 3.74. The van der Waals surface area contributed by atoms with E-state index in [1.807, 2.05) is 54.6 Å². The van der Waals surface area contributed by atoms with Crippen molar-refractivity contribution < 1.29 is 18.0 Å². The standard InChI is InChI=1S/C32H23F3N4O2/c33-32(34,35)23-16-14-21(15-17-23)29(30(40)36-19-20-8-2-1-3-9-20)39-27-13-7-6-12-25(27)38-28(31(39)41)26-18-22-10-4-5-11-24(22)37-26/h1-18,29,37H,19H2,(H,36,40). The molecule has 6 nitrogen and oxygen atoms in total. The predicted molar refractivity (Wildman–Crippen MR) is 151 cm³/mol. The summed E-state index contributed by atoms with van der Waals surface area (Å²) < 4.78 is 41.4. The van der Waals surface area contributed by atoms with Crippen LogP contribution in [-0.4, -0.2) is 20.4 Å². The summed E-state index contributed by atoms with van der Waals surface area (Å²) in [5.41, 5.74) is 1.83. The van der Waals surface area contributed by atoms with E-state index in [4.69, 9.17) is 0 Å². The van der Waals surface area contributed by atoms with Crippen molar-refractivity contribution in [3.05, 3.63) is 136 Å². The fraction of sp³-hybridized carbons (Fsp3) is 0.0938. The minimum atomic E-state index is -4.55. The van der Waals surface area contributed by atoms with Gasteiger partial charge in [-0.2, -0.15) is 13.2 Å². The molecule has 0 bridgehead atoms. The minimum Gasteiger partial charge on any atom is -0.353 e. The lowest BCUT2D eigenvalue weighted by molar-refractivity contribution is -0.137. The zero-order chi connectivity index (χ0) is 28.6. The first-order valence-corrected chi connectivity index (χ1v) is 12.9. The minimum absolute atomic E-state index is 0.0904. The van der Waals surface area contributed by atoms with Crippen molar-refractivity contribution in [1.82, 2.24) is 19.9 Å². The molecule has 0 fully saturated rings. The van der Waals surface area contributed by atoms with Gasteiger partial charge in [0.05, 0.1) is 22.3 Å². The molecule has 0 saturated carbocycles. The third-order valence-electron chi connectivity index (χ3n) is 6.95. The van der Waals surface area contributed by atoms with Crippen LogP contribution in [0, 0.1) is 0 Å². The molecule has 1 atom stereocenters. The Kier molecular flexibility index (Phi) is 6.62. The van der Waals surface area contributed by atoms with Crippen molar-refractivity contribution in [2.45, 2.75) is 18.8 Å². The number of rotatable bonds is 6. The number of fused-ring (bicyclic) bond motifs is 2. The quantitative estimate of drug-likeness (QED) is 0.249. The number of H-pyrrole nitrogens is 1. The Labute approximate surface area is 232 Å². The summed E-state index contributed by atoms with van der Waals surface area (Å²) in [6.07, 6.45) is -4.55. The Bertz CT molecular complexity index is 1890. The molecule has 41 heavy (non-hydrogen) atoms. The van der Waals surface area contributed by atoms with Gasteiger partial charge < -0.3 is 10.3 Å². The Balaban J connectivity index is 1.54. The maximum absolute atomic E-state index is 14.2. The molecule has 6 rings (SSSR count). The van der Waals surface area contributed by atoms with Crippen molar-refractivity contribution in [1.29, 1.82) is 0 Å². The Morgan fingerprint density at radius 2 is 1.56 bits per heavy atom. The Morgan fingerprint density at radius 3 is 2.29 bits per heavy atom. The number of alkyl halides is 3. The molecule has 0 aliphatic rings. The molecule has 1 amide bonds. The Hall–Kier alpha value is -5.18. The molecule has 2 aromatic heterocycles. The summed E-state index contributed by atoms with van der Waals surface area (Å²) in [6.45, 7) is 0.170. The van der Waals surface area contributed by atoms with Gasteiger partial charge in [0.1, 0.15) is 6.04 Å². The predicted octanol–water partition coefficient (Wildman–Crippen LogP) is 6.47. The number of aromatic nitrogens is 3. The van der Waals surface area contributed by atoms with Crippen molar-refractivity contribution in [2.75, 3.05) is 0 Å². The van der Waals surface area contributed by atoms with Gasteiger partial charge in [-0.1, -0.05) is 72.8 Å². The van der Waals surface area contributed by atoms with Crippen LogP contribution >= 0.6 is 0 Å². The van der Waals surface area contributed by atoms with E-state index in [0.29, 0.717) is 16.7 Å². The van der Waals surface area contributed by atoms with E-state index in [9.17, 15) is 22.8 Å². The first-order valence-electron chi connectivity index (χ1n) is 12.9. The number of carbonyl (C=O) groups excluding carboxylic acids is 1. The van der Waals surface area contributed by atoms with E-state index in [1.165, 1.54) is 16.7 Å². The van der Waals surface area contributed by atoms with Gasteiger partial charge in [0.25, 0.3) is 5.56 Å². The maximum atomic E-state index is 14.2. The van der Waals surface area contributed by atoms with Crippen molar-refractivity contribution in [3.63, 3.8) is 0 Å². The number of halogens is 3. The molecule has 1 unspecified atom stereocenters. The van der Waals surface area contributed by atoms with Crippen molar-refractivity contribution >= 4 is 27.8 Å². The van der Waals surface area contributed by atoms with E-state index in [-0.39, 0.29) is 17.8 Å². The lowest BCUT2D eigenvalue weighted by atomic mass is 10.0. The number of amides is 1. The average molecular weight is 553 g/mol. The van der Waals surface area contributed by atoms with Gasteiger partial charge in [-0.05, 0) is 47.5 Å². The highest BCUT2D eigenvalue weighted by Gasteiger charge is 2.32. The van der Waals surface area contributed by atoms with E-state index in [0.717, 1.165) is 28.6 Å². The molecule has 0 saturated heterocycles. The zero-order valence-electron chi connectivity index (χ0n) is 21.5. The van der Waals surface area contributed by atoms with Gasteiger partial charge in [-0.25, -0.2) is 4.98 Å². The number of para-hydroxylation sites is 3. The number of carbonyl (C=O) groups is 1. The van der Waals surface area contributed by atoms with Crippen LogP contribution in [0.25, 0.3) is 33.3 Å². The molecular weight excluding hydrogens is 529 g/mol. The molecular formula is C32H23F3N4O2. The highest BCUT2D eigenvalue weighted by Crippen LogP contribution is 2.31. The molecule has 9 heteroatoms. The van der Waals surface area contributed by atoms with Crippen LogP contribution in [0.3, 0.4) is 0 Å². The van der Waals surface area contributed by atoms with Crippen LogP contribution in [0.1, 0.15) is 22.7 Å². The maximum Gasteiger partial charge on any atom is 0.416 e. The number of nitrogens with zero attached hydrogens (tertiary/aromatic N) is 2.